The number of hydrogen-bond acceptors (Lipinski definition) is 4. The predicted octanol–water partition coefficient (Wildman–Crippen LogP) is -0.877. The molecule has 0 bridgehead atoms. The first kappa shape index (κ1) is 15.3. The second-order valence-corrected chi connectivity index (χ2v) is 5.48. The van der Waals surface area contributed by atoms with Gasteiger partial charge in [-0.25, -0.2) is 12.7 Å². The lowest BCUT2D eigenvalue weighted by Crippen LogP contribution is -2.33. The number of nitrogens with two attached hydrogens (primary N) is 1. The highest BCUT2D eigenvalue weighted by molar-refractivity contribution is 7.88. The van der Waals surface area contributed by atoms with Gasteiger partial charge in [-0.3, -0.25) is 4.79 Å². The van der Waals surface area contributed by atoms with Crippen LogP contribution in [0.15, 0.2) is 0 Å². The van der Waals surface area contributed by atoms with Crippen LogP contribution in [0.5, 0.6) is 0 Å². The molecule has 0 aliphatic rings. The molecule has 0 unspecified atom stereocenters. The van der Waals surface area contributed by atoms with Crippen LogP contribution < -0.4 is 11.1 Å². The maximum atomic E-state index is 11.2. The third kappa shape index (κ3) is 6.76. The maximum absolute atomic E-state index is 11.2. The molecule has 0 aromatic heterocycles. The van der Waals surface area contributed by atoms with E-state index in [-0.39, 0.29) is 5.91 Å². The van der Waals surface area contributed by atoms with Crippen LogP contribution in [0.3, 0.4) is 0 Å². The van der Waals surface area contributed by atoms with Gasteiger partial charge in [0.15, 0.2) is 0 Å². The van der Waals surface area contributed by atoms with Gasteiger partial charge in [-0.1, -0.05) is 6.92 Å². The van der Waals surface area contributed by atoms with Crippen molar-refractivity contribution in [2.45, 2.75) is 19.8 Å². The molecule has 1 amide bonds. The van der Waals surface area contributed by atoms with E-state index >= 15 is 0 Å². The highest BCUT2D eigenvalue weighted by Gasteiger charge is 2.13. The van der Waals surface area contributed by atoms with E-state index in [1.807, 2.05) is 0 Å². The summed E-state index contributed by atoms with van der Waals surface area (Å²) in [6.45, 7) is 3.48. The average Bonchev–Trinajstić information content (AvgIpc) is 2.16. The summed E-state index contributed by atoms with van der Waals surface area (Å²) in [7, 11) is -3.13. The Labute approximate surface area is 97.2 Å². The van der Waals surface area contributed by atoms with Gasteiger partial charge >= 0.3 is 0 Å². The van der Waals surface area contributed by atoms with Gasteiger partial charge in [-0.15, -0.1) is 0 Å². The first-order valence-corrected chi connectivity index (χ1v) is 7.18. The lowest BCUT2D eigenvalue weighted by Gasteiger charge is -2.17. The van der Waals surface area contributed by atoms with Gasteiger partial charge in [0.25, 0.3) is 0 Å². The van der Waals surface area contributed by atoms with E-state index in [1.54, 1.807) is 6.92 Å². The second-order valence-electron chi connectivity index (χ2n) is 3.50. The van der Waals surface area contributed by atoms with Gasteiger partial charge in [0.1, 0.15) is 0 Å². The van der Waals surface area contributed by atoms with Crippen LogP contribution in [-0.2, 0) is 14.8 Å². The van der Waals surface area contributed by atoms with Gasteiger partial charge in [-0.05, 0) is 6.42 Å². The first-order chi connectivity index (χ1) is 7.41. The van der Waals surface area contributed by atoms with Crippen molar-refractivity contribution in [3.8, 4) is 0 Å². The summed E-state index contributed by atoms with van der Waals surface area (Å²) in [5, 5.41) is 2.67. The molecule has 3 N–H and O–H groups in total. The molecule has 0 fully saturated rings. The third-order valence-electron chi connectivity index (χ3n) is 2.10. The lowest BCUT2D eigenvalue weighted by molar-refractivity contribution is -0.120. The molecule has 0 heterocycles. The summed E-state index contributed by atoms with van der Waals surface area (Å²) in [6, 6.07) is 0. The average molecular weight is 251 g/mol. The third-order valence-corrected chi connectivity index (χ3v) is 3.48. The number of amides is 1. The molecule has 0 spiro atoms. The zero-order chi connectivity index (χ0) is 12.6. The largest absolute Gasteiger partial charge is 0.356 e. The fourth-order valence-electron chi connectivity index (χ4n) is 1.26. The standard InChI is InChI=1S/C9H21N3O3S/c1-3-12(16(2,14)15)8-4-7-11-9(13)5-6-10/h3-8,10H2,1-2H3,(H,11,13). The Kier molecular flexibility index (Phi) is 7.27. The Hall–Kier alpha value is -0.660. The number of nitrogens with zero attached hydrogens (tertiary/aromatic N) is 1. The molecule has 0 atom stereocenters. The summed E-state index contributed by atoms with van der Waals surface area (Å²) < 4.78 is 23.8. The van der Waals surface area contributed by atoms with Crippen LogP contribution in [-0.4, -0.2) is 51.1 Å². The van der Waals surface area contributed by atoms with Crippen molar-refractivity contribution in [1.82, 2.24) is 9.62 Å². The van der Waals surface area contributed by atoms with Crippen LogP contribution in [0.4, 0.5) is 0 Å². The monoisotopic (exact) mass is 251 g/mol. The number of sulfonamides is 1. The Morgan fingerprint density at radius 1 is 1.44 bits per heavy atom. The Morgan fingerprint density at radius 3 is 2.50 bits per heavy atom. The Morgan fingerprint density at radius 2 is 2.06 bits per heavy atom. The summed E-state index contributed by atoms with van der Waals surface area (Å²) >= 11 is 0. The molecule has 7 heteroatoms. The molecule has 0 saturated heterocycles. The molecule has 96 valence electrons. The molecule has 0 rings (SSSR count). The Bertz CT molecular complexity index is 303. The van der Waals surface area contributed by atoms with Crippen molar-refractivity contribution in [2.75, 3.05) is 32.4 Å². The van der Waals surface area contributed by atoms with Crippen LogP contribution in [0.2, 0.25) is 0 Å². The van der Waals surface area contributed by atoms with Crippen molar-refractivity contribution in [3.63, 3.8) is 0 Å². The summed E-state index contributed by atoms with van der Waals surface area (Å²) in [6.07, 6.45) is 2.10. The quantitative estimate of drug-likeness (QED) is 0.548. The molecule has 16 heavy (non-hydrogen) atoms. The number of rotatable bonds is 8. The molecule has 0 radical (unpaired) electrons. The van der Waals surface area contributed by atoms with Crippen molar-refractivity contribution < 1.29 is 13.2 Å². The van der Waals surface area contributed by atoms with E-state index in [0.717, 1.165) is 0 Å². The fourth-order valence-corrected chi connectivity index (χ4v) is 2.19. The molecule has 0 aromatic carbocycles. The predicted molar refractivity (Wildman–Crippen MR) is 63.4 cm³/mol. The van der Waals surface area contributed by atoms with E-state index < -0.39 is 10.0 Å². The van der Waals surface area contributed by atoms with Gasteiger partial charge < -0.3 is 11.1 Å². The highest BCUT2D eigenvalue weighted by atomic mass is 32.2. The number of carbonyl (C=O) groups is 1. The summed E-state index contributed by atoms with van der Waals surface area (Å²) in [5.41, 5.74) is 5.21. The SMILES string of the molecule is CCN(CCCNC(=O)CCN)S(C)(=O)=O. The summed E-state index contributed by atoms with van der Waals surface area (Å²) in [4.78, 5) is 11.0. The highest BCUT2D eigenvalue weighted by Crippen LogP contribution is 1.98. The molecule has 6 nitrogen and oxygen atoms in total. The molecule has 0 aromatic rings. The van der Waals surface area contributed by atoms with Crippen molar-refractivity contribution >= 4 is 15.9 Å². The van der Waals surface area contributed by atoms with Gasteiger partial charge in [0, 0.05) is 32.6 Å². The van der Waals surface area contributed by atoms with E-state index in [4.69, 9.17) is 5.73 Å². The van der Waals surface area contributed by atoms with Crippen LogP contribution in [0, 0.1) is 0 Å². The van der Waals surface area contributed by atoms with Crippen LogP contribution in [0.1, 0.15) is 19.8 Å². The maximum Gasteiger partial charge on any atom is 0.221 e. The fraction of sp³-hybridized carbons (Fsp3) is 0.889. The zero-order valence-electron chi connectivity index (χ0n) is 9.90. The van der Waals surface area contributed by atoms with Crippen LogP contribution in [0.25, 0.3) is 0 Å². The smallest absolute Gasteiger partial charge is 0.221 e. The van der Waals surface area contributed by atoms with E-state index in [9.17, 15) is 13.2 Å². The summed E-state index contributed by atoms with van der Waals surface area (Å²) in [5.74, 6) is -0.0927. The van der Waals surface area contributed by atoms with Gasteiger partial charge in [-0.2, -0.15) is 0 Å². The van der Waals surface area contributed by atoms with Crippen molar-refractivity contribution in [3.05, 3.63) is 0 Å². The normalized spacial score (nSPS) is 11.8. The minimum absolute atomic E-state index is 0.0927. The zero-order valence-corrected chi connectivity index (χ0v) is 10.7. The topological polar surface area (TPSA) is 92.5 Å². The van der Waals surface area contributed by atoms with E-state index in [2.05, 4.69) is 5.32 Å². The van der Waals surface area contributed by atoms with Gasteiger partial charge in [0.2, 0.25) is 15.9 Å². The number of hydrogen-bond donors (Lipinski definition) is 2. The van der Waals surface area contributed by atoms with Crippen molar-refractivity contribution in [1.29, 1.82) is 0 Å². The Balaban J connectivity index is 3.77. The molecule has 0 aliphatic heterocycles. The van der Waals surface area contributed by atoms with Crippen molar-refractivity contribution in [2.24, 2.45) is 5.73 Å². The van der Waals surface area contributed by atoms with E-state index in [1.165, 1.54) is 10.6 Å². The molecule has 0 saturated carbocycles. The van der Waals surface area contributed by atoms with Crippen LogP contribution >= 0.6 is 0 Å². The minimum Gasteiger partial charge on any atom is -0.356 e. The molecular weight excluding hydrogens is 230 g/mol. The lowest BCUT2D eigenvalue weighted by atomic mass is 10.3. The van der Waals surface area contributed by atoms with E-state index in [0.29, 0.717) is 39.0 Å². The number of nitrogens with one attached hydrogen (secondary N) is 1. The molecular formula is C9H21N3O3S. The molecule has 0 aliphatic carbocycles. The van der Waals surface area contributed by atoms with Gasteiger partial charge in [0.05, 0.1) is 6.26 Å². The first-order valence-electron chi connectivity index (χ1n) is 5.33. The number of carbonyl (C=O) groups excluding carboxylic acids is 1. The second kappa shape index (κ2) is 7.59. The minimum atomic E-state index is -3.13.